The summed E-state index contributed by atoms with van der Waals surface area (Å²) >= 11 is 6.33. The summed E-state index contributed by atoms with van der Waals surface area (Å²) in [4.78, 5) is 0. The van der Waals surface area contributed by atoms with Crippen LogP contribution in [0.15, 0.2) is 53.6 Å². The Bertz CT molecular complexity index is 673. The van der Waals surface area contributed by atoms with E-state index in [-0.39, 0.29) is 0 Å². The predicted octanol–water partition coefficient (Wildman–Crippen LogP) is 6.59. The Labute approximate surface area is 168 Å². The van der Waals surface area contributed by atoms with Crippen molar-refractivity contribution >= 4 is 17.8 Å². The van der Waals surface area contributed by atoms with Crippen molar-refractivity contribution in [2.24, 2.45) is 5.10 Å². The third-order valence-corrected chi connectivity index (χ3v) is 4.69. The molecule has 4 heteroatoms. The summed E-state index contributed by atoms with van der Waals surface area (Å²) < 4.78 is 5.81. The smallest absolute Gasteiger partial charge is 0.137 e. The Hall–Kier alpha value is -2.00. The summed E-state index contributed by atoms with van der Waals surface area (Å²) in [5.74, 6) is 0.747. The van der Waals surface area contributed by atoms with E-state index < -0.39 is 0 Å². The second-order valence-corrected chi connectivity index (χ2v) is 7.15. The highest BCUT2D eigenvalue weighted by atomic mass is 35.5. The van der Waals surface area contributed by atoms with Gasteiger partial charge in [-0.3, -0.25) is 0 Å². The number of ether oxygens (including phenoxy) is 1. The number of nitrogens with one attached hydrogen (secondary N) is 1. The van der Waals surface area contributed by atoms with Crippen LogP contribution in [-0.4, -0.2) is 12.8 Å². The first-order valence-electron chi connectivity index (χ1n) is 10.0. The summed E-state index contributed by atoms with van der Waals surface area (Å²) in [6.45, 7) is 3.67. The summed E-state index contributed by atoms with van der Waals surface area (Å²) in [7, 11) is 0. The monoisotopic (exact) mass is 386 g/mol. The van der Waals surface area contributed by atoms with E-state index in [2.05, 4.69) is 29.6 Å². The van der Waals surface area contributed by atoms with Crippen molar-refractivity contribution in [2.45, 2.75) is 58.4 Å². The molecular formula is C23H31ClN2O. The maximum absolute atomic E-state index is 6.33. The van der Waals surface area contributed by atoms with Gasteiger partial charge in [-0.05, 0) is 35.7 Å². The Morgan fingerprint density at radius 2 is 1.70 bits per heavy atom. The molecule has 2 aromatic rings. The van der Waals surface area contributed by atoms with Crippen molar-refractivity contribution in [3.63, 3.8) is 0 Å². The van der Waals surface area contributed by atoms with Crippen molar-refractivity contribution in [1.82, 2.24) is 5.43 Å². The van der Waals surface area contributed by atoms with Gasteiger partial charge in [0.2, 0.25) is 0 Å². The Morgan fingerprint density at radius 1 is 0.963 bits per heavy atom. The van der Waals surface area contributed by atoms with Crippen LogP contribution in [-0.2, 0) is 6.54 Å². The minimum atomic E-state index is 0.630. The standard InChI is InChI=1S/C23H31ClN2O/c1-2-3-4-5-6-7-11-16-27-23-15-14-21(17-22(23)24)19-26-25-18-20-12-9-8-10-13-20/h8-10,12-15,17,19,25H,2-7,11,16,18H2,1H3. The lowest BCUT2D eigenvalue weighted by Crippen LogP contribution is -2.05. The number of hydrogen-bond donors (Lipinski definition) is 1. The molecule has 0 bridgehead atoms. The van der Waals surface area contributed by atoms with Gasteiger partial charge in [0.05, 0.1) is 24.4 Å². The molecule has 2 aromatic carbocycles. The summed E-state index contributed by atoms with van der Waals surface area (Å²) in [6.07, 6.45) is 10.7. The molecular weight excluding hydrogens is 356 g/mol. The number of nitrogens with zero attached hydrogens (tertiary/aromatic N) is 1. The lowest BCUT2D eigenvalue weighted by molar-refractivity contribution is 0.304. The van der Waals surface area contributed by atoms with Crippen molar-refractivity contribution in [3.05, 3.63) is 64.7 Å². The van der Waals surface area contributed by atoms with Gasteiger partial charge in [0.1, 0.15) is 5.75 Å². The van der Waals surface area contributed by atoms with E-state index in [9.17, 15) is 0 Å². The van der Waals surface area contributed by atoms with Gasteiger partial charge in [-0.15, -0.1) is 0 Å². The number of hydrazone groups is 1. The van der Waals surface area contributed by atoms with Gasteiger partial charge in [-0.25, -0.2) is 0 Å². The zero-order chi connectivity index (χ0) is 19.2. The second-order valence-electron chi connectivity index (χ2n) is 6.74. The lowest BCUT2D eigenvalue weighted by Gasteiger charge is -2.08. The average Bonchev–Trinajstić information content (AvgIpc) is 2.69. The van der Waals surface area contributed by atoms with E-state index in [1.54, 1.807) is 6.21 Å². The fraction of sp³-hybridized carbons (Fsp3) is 0.435. The molecule has 0 aliphatic heterocycles. The average molecular weight is 387 g/mol. The Morgan fingerprint density at radius 3 is 2.44 bits per heavy atom. The Kier molecular flexibility index (Phi) is 10.4. The molecule has 0 spiro atoms. The molecule has 0 saturated heterocycles. The molecule has 0 aliphatic rings. The van der Waals surface area contributed by atoms with Gasteiger partial charge < -0.3 is 10.2 Å². The van der Waals surface area contributed by atoms with Gasteiger partial charge in [-0.1, -0.05) is 87.4 Å². The molecule has 0 radical (unpaired) electrons. The van der Waals surface area contributed by atoms with Crippen LogP contribution in [0, 0.1) is 0 Å². The van der Waals surface area contributed by atoms with E-state index in [1.165, 1.54) is 44.1 Å². The van der Waals surface area contributed by atoms with Gasteiger partial charge in [0.15, 0.2) is 0 Å². The minimum absolute atomic E-state index is 0.630. The van der Waals surface area contributed by atoms with Crippen LogP contribution in [0.1, 0.15) is 63.0 Å². The fourth-order valence-corrected chi connectivity index (χ4v) is 3.05. The zero-order valence-electron chi connectivity index (χ0n) is 16.3. The normalized spacial score (nSPS) is 11.0. The largest absolute Gasteiger partial charge is 0.492 e. The van der Waals surface area contributed by atoms with E-state index in [0.29, 0.717) is 11.6 Å². The van der Waals surface area contributed by atoms with E-state index in [1.807, 2.05) is 36.4 Å². The molecule has 0 amide bonds. The molecule has 0 fully saturated rings. The van der Waals surface area contributed by atoms with Crippen LogP contribution in [0.4, 0.5) is 0 Å². The minimum Gasteiger partial charge on any atom is -0.492 e. The van der Waals surface area contributed by atoms with Crippen molar-refractivity contribution < 1.29 is 4.74 Å². The first-order valence-corrected chi connectivity index (χ1v) is 10.4. The molecule has 3 nitrogen and oxygen atoms in total. The van der Waals surface area contributed by atoms with Gasteiger partial charge in [-0.2, -0.15) is 5.10 Å². The molecule has 0 atom stereocenters. The highest BCUT2D eigenvalue weighted by Gasteiger charge is 2.02. The second kappa shape index (κ2) is 13.2. The number of unbranched alkanes of at least 4 members (excludes halogenated alkanes) is 6. The predicted molar refractivity (Wildman–Crippen MR) is 116 cm³/mol. The van der Waals surface area contributed by atoms with Crippen molar-refractivity contribution in [2.75, 3.05) is 6.61 Å². The fourth-order valence-electron chi connectivity index (χ4n) is 2.81. The van der Waals surface area contributed by atoms with Gasteiger partial charge in [0, 0.05) is 0 Å². The summed E-state index contributed by atoms with van der Waals surface area (Å²) in [6, 6.07) is 16.0. The third-order valence-electron chi connectivity index (χ3n) is 4.39. The lowest BCUT2D eigenvalue weighted by atomic mass is 10.1. The molecule has 0 unspecified atom stereocenters. The molecule has 0 saturated carbocycles. The molecule has 2 rings (SSSR count). The Balaban J connectivity index is 1.66. The van der Waals surface area contributed by atoms with Gasteiger partial charge in [0.25, 0.3) is 0 Å². The van der Waals surface area contributed by atoms with E-state index >= 15 is 0 Å². The molecule has 27 heavy (non-hydrogen) atoms. The summed E-state index contributed by atoms with van der Waals surface area (Å²) in [5, 5.41) is 4.88. The maximum Gasteiger partial charge on any atom is 0.137 e. The molecule has 0 heterocycles. The van der Waals surface area contributed by atoms with Crippen LogP contribution in [0.2, 0.25) is 5.02 Å². The van der Waals surface area contributed by atoms with E-state index in [0.717, 1.165) is 24.3 Å². The molecule has 0 aromatic heterocycles. The summed E-state index contributed by atoms with van der Waals surface area (Å²) in [5.41, 5.74) is 5.19. The van der Waals surface area contributed by atoms with Crippen LogP contribution < -0.4 is 10.2 Å². The van der Waals surface area contributed by atoms with Crippen LogP contribution in [0.5, 0.6) is 5.75 Å². The zero-order valence-corrected chi connectivity index (χ0v) is 17.0. The third kappa shape index (κ3) is 8.96. The van der Waals surface area contributed by atoms with E-state index in [4.69, 9.17) is 16.3 Å². The number of rotatable bonds is 13. The quantitative estimate of drug-likeness (QED) is 0.239. The first-order chi connectivity index (χ1) is 13.3. The molecule has 1 N–H and O–H groups in total. The van der Waals surface area contributed by atoms with Crippen molar-refractivity contribution in [3.8, 4) is 5.75 Å². The van der Waals surface area contributed by atoms with Gasteiger partial charge >= 0.3 is 0 Å². The highest BCUT2D eigenvalue weighted by Crippen LogP contribution is 2.25. The SMILES string of the molecule is CCCCCCCCCOc1ccc(C=NNCc2ccccc2)cc1Cl. The molecule has 0 aliphatic carbocycles. The number of benzene rings is 2. The van der Waals surface area contributed by atoms with Crippen LogP contribution >= 0.6 is 11.6 Å². The molecule has 146 valence electrons. The van der Waals surface area contributed by atoms with Crippen molar-refractivity contribution in [1.29, 1.82) is 0 Å². The first kappa shape index (κ1) is 21.3. The van der Waals surface area contributed by atoms with Crippen LogP contribution in [0.25, 0.3) is 0 Å². The number of hydrogen-bond acceptors (Lipinski definition) is 3. The topological polar surface area (TPSA) is 33.6 Å². The maximum atomic E-state index is 6.33. The highest BCUT2D eigenvalue weighted by molar-refractivity contribution is 6.32. The van der Waals surface area contributed by atoms with Crippen LogP contribution in [0.3, 0.4) is 0 Å². The number of halogens is 1.